The number of rotatable bonds is 12. The van der Waals surface area contributed by atoms with Crippen molar-refractivity contribution in [3.63, 3.8) is 0 Å². The van der Waals surface area contributed by atoms with Crippen molar-refractivity contribution in [3.8, 4) is 0 Å². The van der Waals surface area contributed by atoms with E-state index in [1.54, 1.807) is 0 Å². The molecule has 1 aromatic heterocycles. The van der Waals surface area contributed by atoms with Crippen LogP contribution in [0.1, 0.15) is 75.3 Å². The Morgan fingerprint density at radius 3 is 2.63 bits per heavy atom. The van der Waals surface area contributed by atoms with Crippen molar-refractivity contribution in [1.82, 2.24) is 20.6 Å². The number of carbonyl (C=O) groups is 2. The van der Waals surface area contributed by atoms with Crippen molar-refractivity contribution in [2.75, 3.05) is 6.61 Å². The predicted molar refractivity (Wildman–Crippen MR) is 154 cm³/mol. The van der Waals surface area contributed by atoms with Gasteiger partial charge in [-0.15, -0.1) is 0 Å². The van der Waals surface area contributed by atoms with Crippen molar-refractivity contribution in [2.45, 2.75) is 95.5 Å². The molecule has 6 atom stereocenters. The van der Waals surface area contributed by atoms with Crippen LogP contribution in [0.4, 0.5) is 0 Å². The third kappa shape index (κ3) is 5.92. The van der Waals surface area contributed by atoms with Gasteiger partial charge in [-0.3, -0.25) is 14.6 Å². The van der Waals surface area contributed by atoms with E-state index in [0.717, 1.165) is 38.5 Å². The van der Waals surface area contributed by atoms with E-state index in [-0.39, 0.29) is 47.4 Å². The normalized spacial score (nSPS) is 29.1. The number of aromatic nitrogens is 2. The van der Waals surface area contributed by atoms with E-state index >= 15 is 0 Å². The zero-order valence-electron chi connectivity index (χ0n) is 24.3. The molecular weight excluding hydrogens is 519 g/mol. The number of hydrogen-bond acceptors (Lipinski definition) is 7. The molecule has 1 aromatic carbocycles. The van der Waals surface area contributed by atoms with Gasteiger partial charge in [-0.2, -0.15) is 0 Å². The van der Waals surface area contributed by atoms with E-state index in [0.29, 0.717) is 18.3 Å². The van der Waals surface area contributed by atoms with Crippen molar-refractivity contribution in [3.05, 3.63) is 60.2 Å². The molecule has 1 saturated heterocycles. The number of aryl methyl sites for hydroxylation is 1. The number of amides is 2. The van der Waals surface area contributed by atoms with Gasteiger partial charge in [0.15, 0.2) is 0 Å². The van der Waals surface area contributed by atoms with Crippen LogP contribution in [0.25, 0.3) is 0 Å². The van der Waals surface area contributed by atoms with Gasteiger partial charge in [0.05, 0.1) is 36.6 Å². The number of ether oxygens (including phenoxy) is 1. The van der Waals surface area contributed by atoms with E-state index in [1.165, 1.54) is 24.2 Å². The maximum atomic E-state index is 13.8. The first kappa shape index (κ1) is 28.3. The molecule has 2 heterocycles. The Bertz CT molecular complexity index is 1230. The summed E-state index contributed by atoms with van der Waals surface area (Å²) in [6.07, 6.45) is 11.0. The highest BCUT2D eigenvalue weighted by Crippen LogP contribution is 2.65. The summed E-state index contributed by atoms with van der Waals surface area (Å²) in [5, 5.41) is 6.02. The second kappa shape index (κ2) is 11.5. The van der Waals surface area contributed by atoms with Crippen LogP contribution < -0.4 is 10.6 Å². The van der Waals surface area contributed by atoms with Crippen LogP contribution in [0.3, 0.4) is 0 Å². The van der Waals surface area contributed by atoms with E-state index in [2.05, 4.69) is 53.5 Å². The fraction of sp³-hybridized carbons (Fsp3) is 0.613. The number of nitrogens with one attached hydrogen (secondary N) is 2. The zero-order valence-corrected chi connectivity index (χ0v) is 24.3. The maximum Gasteiger partial charge on any atom is 0.481 e. The van der Waals surface area contributed by atoms with Crippen molar-refractivity contribution in [1.29, 1.82) is 0 Å². The molecule has 2 N–H and O–H groups in total. The molecule has 4 saturated carbocycles. The van der Waals surface area contributed by atoms with Crippen molar-refractivity contribution >= 4 is 18.9 Å². The number of nitrogens with zero attached hydrogens (tertiary/aromatic N) is 2. The third-order valence-corrected chi connectivity index (χ3v) is 9.89. The van der Waals surface area contributed by atoms with Crippen LogP contribution in [0.15, 0.2) is 48.9 Å². The minimum absolute atomic E-state index is 0.0168. The van der Waals surface area contributed by atoms with Gasteiger partial charge in [-0.05, 0) is 74.7 Å². The Morgan fingerprint density at radius 1 is 1.12 bits per heavy atom. The molecule has 1 aliphatic heterocycles. The minimum Gasteiger partial charge on any atom is -0.404 e. The van der Waals surface area contributed by atoms with Gasteiger partial charge in [0.1, 0.15) is 11.7 Å². The van der Waals surface area contributed by atoms with Gasteiger partial charge in [-0.1, -0.05) is 44.2 Å². The molecule has 2 aromatic rings. The smallest absolute Gasteiger partial charge is 0.404 e. The molecule has 0 radical (unpaired) electrons. The lowest BCUT2D eigenvalue weighted by atomic mass is 9.43. The van der Waals surface area contributed by atoms with E-state index < -0.39 is 19.1 Å². The first-order valence-corrected chi connectivity index (χ1v) is 15.1. The lowest BCUT2D eigenvalue weighted by Gasteiger charge is -2.64. The van der Waals surface area contributed by atoms with Crippen LogP contribution in [0, 0.1) is 17.3 Å². The Labute approximate surface area is 242 Å². The molecule has 10 heteroatoms. The molecule has 5 aliphatic rings. The first-order chi connectivity index (χ1) is 19.7. The SMILES string of the molecule is CC1(C)[C@@H]2C[C@H]3OB(C(CCCc4ccccc4)NC(=O)C(COC4CC4)NC(=O)c4cnccn4)O[C@@]3(C)[C@H]1C2. The molecule has 41 heavy (non-hydrogen) atoms. The topological polar surface area (TPSA) is 112 Å². The summed E-state index contributed by atoms with van der Waals surface area (Å²) in [5.41, 5.74) is 1.25. The van der Waals surface area contributed by atoms with E-state index in [9.17, 15) is 9.59 Å². The molecule has 218 valence electrons. The average molecular weight is 561 g/mol. The molecule has 4 aliphatic carbocycles. The Hall–Kier alpha value is -2.82. The van der Waals surface area contributed by atoms with Crippen LogP contribution in [0.5, 0.6) is 0 Å². The molecule has 9 nitrogen and oxygen atoms in total. The quantitative estimate of drug-likeness (QED) is 0.382. The van der Waals surface area contributed by atoms with E-state index in [1.807, 2.05) is 18.2 Å². The second-order valence-corrected chi connectivity index (χ2v) is 13.0. The zero-order chi connectivity index (χ0) is 28.6. The molecule has 5 fully saturated rings. The lowest BCUT2D eigenvalue weighted by Crippen LogP contribution is -2.65. The van der Waals surface area contributed by atoms with Crippen molar-refractivity contribution < 1.29 is 23.6 Å². The molecule has 7 rings (SSSR count). The molecule has 2 amide bonds. The first-order valence-electron chi connectivity index (χ1n) is 15.1. The number of carbonyl (C=O) groups excluding carboxylic acids is 2. The van der Waals surface area contributed by atoms with E-state index in [4.69, 9.17) is 14.0 Å². The van der Waals surface area contributed by atoms with Crippen molar-refractivity contribution in [2.24, 2.45) is 17.3 Å². The Morgan fingerprint density at radius 2 is 1.93 bits per heavy atom. The maximum absolute atomic E-state index is 13.8. The summed E-state index contributed by atoms with van der Waals surface area (Å²) in [4.78, 5) is 34.7. The lowest BCUT2D eigenvalue weighted by molar-refractivity contribution is -0.199. The summed E-state index contributed by atoms with van der Waals surface area (Å²) >= 11 is 0. The van der Waals surface area contributed by atoms with Crippen LogP contribution in [0.2, 0.25) is 0 Å². The Balaban J connectivity index is 1.17. The van der Waals surface area contributed by atoms with Gasteiger partial charge >= 0.3 is 7.12 Å². The summed E-state index contributed by atoms with van der Waals surface area (Å²) in [6, 6.07) is 9.46. The highest BCUT2D eigenvalue weighted by Gasteiger charge is 2.68. The number of benzene rings is 1. The van der Waals surface area contributed by atoms with Gasteiger partial charge in [0.2, 0.25) is 5.91 Å². The fourth-order valence-corrected chi connectivity index (χ4v) is 7.10. The van der Waals surface area contributed by atoms with Gasteiger partial charge < -0.3 is 24.7 Å². The average Bonchev–Trinajstić information content (AvgIpc) is 3.73. The monoisotopic (exact) mass is 560 g/mol. The minimum atomic E-state index is -0.882. The van der Waals surface area contributed by atoms with Crippen LogP contribution in [-0.4, -0.2) is 65.3 Å². The van der Waals surface area contributed by atoms with Gasteiger partial charge in [-0.25, -0.2) is 4.98 Å². The summed E-state index contributed by atoms with van der Waals surface area (Å²) in [6.45, 7) is 6.96. The number of hydrogen-bond donors (Lipinski definition) is 2. The Kier molecular flexibility index (Phi) is 7.91. The third-order valence-electron chi connectivity index (χ3n) is 9.89. The summed E-state index contributed by atoms with van der Waals surface area (Å²) < 4.78 is 19.2. The summed E-state index contributed by atoms with van der Waals surface area (Å²) in [7, 11) is -0.555. The largest absolute Gasteiger partial charge is 0.481 e. The van der Waals surface area contributed by atoms with Crippen LogP contribution >= 0.6 is 0 Å². The molecule has 2 unspecified atom stereocenters. The highest BCUT2D eigenvalue weighted by atomic mass is 16.7. The van der Waals surface area contributed by atoms with Gasteiger partial charge in [0, 0.05) is 12.4 Å². The highest BCUT2D eigenvalue weighted by molar-refractivity contribution is 6.47. The summed E-state index contributed by atoms with van der Waals surface area (Å²) in [5.74, 6) is -0.0860. The molecule has 2 bridgehead atoms. The second-order valence-electron chi connectivity index (χ2n) is 13.0. The molecule has 0 spiro atoms. The molecular formula is C31H41BN4O5. The fourth-order valence-electron chi connectivity index (χ4n) is 7.10. The predicted octanol–water partition coefficient (Wildman–Crippen LogP) is 3.53. The van der Waals surface area contributed by atoms with Crippen LogP contribution in [-0.2, 0) is 25.3 Å². The standard InChI is InChI=1S/C31H41BN4O5/c1-30(2)21-16-25(30)31(3)26(17-21)40-32(41-31)27(11-7-10-20-8-5-4-6-9-20)36-29(38)24(19-39-22-12-13-22)35-28(37)23-18-33-14-15-34-23/h4-6,8-9,14-15,18,21-22,24-27H,7,10-13,16-17,19H2,1-3H3,(H,35,37)(H,36,38)/t21-,24?,25-,26+,27?,31-/m0/s1. The van der Waals surface area contributed by atoms with Gasteiger partial charge in [0.25, 0.3) is 5.91 Å².